The molecule has 126 valence electrons. The lowest BCUT2D eigenvalue weighted by atomic mass is 10.0. The van der Waals surface area contributed by atoms with Crippen LogP contribution >= 0.6 is 11.3 Å². The van der Waals surface area contributed by atoms with Gasteiger partial charge in [-0.3, -0.25) is 4.98 Å². The molecule has 0 atom stereocenters. The third-order valence-corrected chi connectivity index (χ3v) is 5.54. The molecule has 3 aromatic rings. The minimum Gasteiger partial charge on any atom is -0.377 e. The number of benzene rings is 1. The first-order chi connectivity index (χ1) is 12.2. The summed E-state index contributed by atoms with van der Waals surface area (Å²) in [6.45, 7) is 6.61. The number of aromatic nitrogens is 3. The lowest BCUT2D eigenvalue weighted by Crippen LogP contribution is -2.39. The minimum atomic E-state index is 0.493. The van der Waals surface area contributed by atoms with Gasteiger partial charge in [-0.15, -0.1) is 10.2 Å². The third kappa shape index (κ3) is 2.95. The number of aryl methyl sites for hydroxylation is 2. The summed E-state index contributed by atoms with van der Waals surface area (Å²) in [6.07, 6.45) is 1.64. The maximum Gasteiger partial charge on any atom is 0.136 e. The number of rotatable bonds is 4. The van der Waals surface area contributed by atoms with Gasteiger partial charge in [0.15, 0.2) is 0 Å². The molecule has 2 N–H and O–H groups in total. The second-order valence-electron chi connectivity index (χ2n) is 6.38. The quantitative estimate of drug-likeness (QED) is 0.752. The van der Waals surface area contributed by atoms with E-state index in [2.05, 4.69) is 50.9 Å². The molecule has 0 spiro atoms. The molecule has 3 heterocycles. The molecule has 1 aromatic carbocycles. The Hall–Kier alpha value is -2.56. The molecule has 0 saturated carbocycles. The Morgan fingerprint density at radius 3 is 2.88 bits per heavy atom. The van der Waals surface area contributed by atoms with Crippen LogP contribution < -0.4 is 10.6 Å². The maximum atomic E-state index is 9.47. The smallest absolute Gasteiger partial charge is 0.136 e. The number of hydrogen-bond acceptors (Lipinski definition) is 7. The molecule has 6 nitrogen and oxygen atoms in total. The molecular weight excluding hydrogens is 332 g/mol. The van der Waals surface area contributed by atoms with Crippen molar-refractivity contribution in [2.75, 3.05) is 18.4 Å². The lowest BCUT2D eigenvalue weighted by Gasteiger charge is -2.24. The minimum absolute atomic E-state index is 0.493. The number of hydrogen-bond donors (Lipinski definition) is 2. The zero-order valence-electron chi connectivity index (χ0n) is 14.1. The van der Waals surface area contributed by atoms with Gasteiger partial charge >= 0.3 is 0 Å². The van der Waals surface area contributed by atoms with Crippen molar-refractivity contribution in [3.8, 4) is 6.07 Å². The van der Waals surface area contributed by atoms with Gasteiger partial charge in [-0.25, -0.2) is 0 Å². The van der Waals surface area contributed by atoms with Gasteiger partial charge in [0.1, 0.15) is 16.1 Å². The van der Waals surface area contributed by atoms with Crippen LogP contribution in [0.5, 0.6) is 0 Å². The maximum absolute atomic E-state index is 9.47. The molecule has 25 heavy (non-hydrogen) atoms. The van der Waals surface area contributed by atoms with Crippen LogP contribution in [0.3, 0.4) is 0 Å². The van der Waals surface area contributed by atoms with E-state index in [1.807, 2.05) is 6.92 Å². The van der Waals surface area contributed by atoms with Crippen molar-refractivity contribution in [3.63, 3.8) is 0 Å². The molecule has 1 aliphatic rings. The van der Waals surface area contributed by atoms with Gasteiger partial charge in [0.2, 0.25) is 0 Å². The highest BCUT2D eigenvalue weighted by molar-refractivity contribution is 7.11. The summed E-state index contributed by atoms with van der Waals surface area (Å²) in [5, 5.41) is 27.7. The van der Waals surface area contributed by atoms with Crippen molar-refractivity contribution in [2.45, 2.75) is 26.3 Å². The first kappa shape index (κ1) is 15.9. The second-order valence-corrected chi connectivity index (χ2v) is 7.47. The van der Waals surface area contributed by atoms with Crippen molar-refractivity contribution in [2.24, 2.45) is 0 Å². The molecular formula is C18H18N6S. The van der Waals surface area contributed by atoms with E-state index in [0.717, 1.165) is 50.8 Å². The topological polar surface area (TPSA) is 86.5 Å². The Bertz CT molecular complexity index is 983. The standard InChI is InChI=1S/C18H18N6S/c1-10-3-11(2)16-14(4-10)17(12(5-19)8-21-16)22-9-15-23-24-18(25-15)13-6-20-7-13/h3-4,8,13,20H,6-7,9H2,1-2H3,(H,21,22). The van der Waals surface area contributed by atoms with Gasteiger partial charge in [-0.05, 0) is 25.5 Å². The molecule has 0 aliphatic carbocycles. The van der Waals surface area contributed by atoms with Crippen LogP contribution in [0.1, 0.15) is 32.6 Å². The van der Waals surface area contributed by atoms with E-state index in [9.17, 15) is 5.26 Å². The highest BCUT2D eigenvalue weighted by Crippen LogP contribution is 2.30. The molecule has 0 amide bonds. The van der Waals surface area contributed by atoms with Gasteiger partial charge in [0.05, 0.1) is 23.3 Å². The van der Waals surface area contributed by atoms with Crippen LogP contribution in [-0.2, 0) is 6.54 Å². The van der Waals surface area contributed by atoms with Gasteiger partial charge in [-0.2, -0.15) is 5.26 Å². The van der Waals surface area contributed by atoms with Crippen LogP contribution in [0, 0.1) is 25.2 Å². The molecule has 1 fully saturated rings. The van der Waals surface area contributed by atoms with Gasteiger partial charge in [-0.1, -0.05) is 23.0 Å². The largest absolute Gasteiger partial charge is 0.377 e. The first-order valence-corrected chi connectivity index (χ1v) is 9.04. The van der Waals surface area contributed by atoms with E-state index in [4.69, 9.17) is 0 Å². The summed E-state index contributed by atoms with van der Waals surface area (Å²) in [6, 6.07) is 6.42. The molecule has 0 bridgehead atoms. The molecule has 7 heteroatoms. The van der Waals surface area contributed by atoms with E-state index in [1.165, 1.54) is 0 Å². The van der Waals surface area contributed by atoms with E-state index in [0.29, 0.717) is 18.0 Å². The molecule has 2 aromatic heterocycles. The fourth-order valence-electron chi connectivity index (χ4n) is 3.07. The molecule has 0 radical (unpaired) electrons. The van der Waals surface area contributed by atoms with Crippen LogP contribution in [0.4, 0.5) is 5.69 Å². The van der Waals surface area contributed by atoms with Crippen molar-refractivity contribution < 1.29 is 0 Å². The second kappa shape index (κ2) is 6.39. The van der Waals surface area contributed by atoms with E-state index < -0.39 is 0 Å². The normalized spacial score (nSPS) is 14.3. The average molecular weight is 350 g/mol. The Kier molecular flexibility index (Phi) is 4.07. The Labute approximate surface area is 149 Å². The summed E-state index contributed by atoms with van der Waals surface area (Å²) in [5.74, 6) is 0.493. The fraction of sp³-hybridized carbons (Fsp3) is 0.333. The Morgan fingerprint density at radius 1 is 1.32 bits per heavy atom. The summed E-state index contributed by atoms with van der Waals surface area (Å²) in [5.41, 5.74) is 4.55. The van der Waals surface area contributed by atoms with Gasteiger partial charge < -0.3 is 10.6 Å². The summed E-state index contributed by atoms with van der Waals surface area (Å²) in [7, 11) is 0. The first-order valence-electron chi connectivity index (χ1n) is 8.22. The van der Waals surface area contributed by atoms with Crippen molar-refractivity contribution >= 4 is 27.9 Å². The van der Waals surface area contributed by atoms with E-state index in [-0.39, 0.29) is 0 Å². The summed E-state index contributed by atoms with van der Waals surface area (Å²) in [4.78, 5) is 4.46. The van der Waals surface area contributed by atoms with Crippen molar-refractivity contribution in [1.29, 1.82) is 5.26 Å². The number of fused-ring (bicyclic) bond motifs is 1. The number of nitriles is 1. The monoisotopic (exact) mass is 350 g/mol. The van der Waals surface area contributed by atoms with Gasteiger partial charge in [0, 0.05) is 30.6 Å². The van der Waals surface area contributed by atoms with E-state index in [1.54, 1.807) is 17.5 Å². The van der Waals surface area contributed by atoms with Crippen LogP contribution in [0.15, 0.2) is 18.3 Å². The highest BCUT2D eigenvalue weighted by Gasteiger charge is 2.23. The third-order valence-electron chi connectivity index (χ3n) is 4.46. The van der Waals surface area contributed by atoms with Crippen molar-refractivity contribution in [1.82, 2.24) is 20.5 Å². The molecule has 4 rings (SSSR count). The summed E-state index contributed by atoms with van der Waals surface area (Å²) < 4.78 is 0. The summed E-state index contributed by atoms with van der Waals surface area (Å²) >= 11 is 1.64. The number of anilines is 1. The molecule has 0 unspecified atom stereocenters. The zero-order chi connectivity index (χ0) is 17.4. The van der Waals surface area contributed by atoms with Gasteiger partial charge in [0.25, 0.3) is 0 Å². The van der Waals surface area contributed by atoms with Crippen molar-refractivity contribution in [3.05, 3.63) is 45.0 Å². The number of pyridine rings is 1. The zero-order valence-corrected chi connectivity index (χ0v) is 14.9. The van der Waals surface area contributed by atoms with Crippen LogP contribution in [0.2, 0.25) is 0 Å². The number of nitrogens with zero attached hydrogens (tertiary/aromatic N) is 4. The van der Waals surface area contributed by atoms with Crippen LogP contribution in [-0.4, -0.2) is 28.3 Å². The average Bonchev–Trinajstić information content (AvgIpc) is 2.99. The predicted molar refractivity (Wildman–Crippen MR) is 98.8 cm³/mol. The lowest BCUT2D eigenvalue weighted by molar-refractivity contribution is 0.444. The number of nitrogens with one attached hydrogen (secondary N) is 2. The van der Waals surface area contributed by atoms with Crippen LogP contribution in [0.25, 0.3) is 10.9 Å². The van der Waals surface area contributed by atoms with E-state index >= 15 is 0 Å². The highest BCUT2D eigenvalue weighted by atomic mass is 32.1. The molecule has 1 aliphatic heterocycles. The molecule has 1 saturated heterocycles. The Balaban J connectivity index is 1.65. The Morgan fingerprint density at radius 2 is 2.16 bits per heavy atom. The SMILES string of the molecule is Cc1cc(C)c2ncc(C#N)c(NCc3nnc(C4CNC4)s3)c2c1. The predicted octanol–water partition coefficient (Wildman–Crippen LogP) is 2.87. The fourth-order valence-corrected chi connectivity index (χ4v) is 3.95.